The van der Waals surface area contributed by atoms with E-state index < -0.39 is 11.9 Å². The van der Waals surface area contributed by atoms with Crippen molar-refractivity contribution in [3.8, 4) is 0 Å². The Morgan fingerprint density at radius 2 is 1.83 bits per heavy atom. The van der Waals surface area contributed by atoms with Gasteiger partial charge in [-0.25, -0.2) is 4.79 Å². The molecule has 2 aromatic rings. The Labute approximate surface area is 184 Å². The van der Waals surface area contributed by atoms with E-state index in [1.807, 2.05) is 36.9 Å². The molecule has 30 heavy (non-hydrogen) atoms. The highest BCUT2D eigenvalue weighted by molar-refractivity contribution is 9.10. The van der Waals surface area contributed by atoms with Crippen molar-refractivity contribution in [1.82, 2.24) is 10.6 Å². The van der Waals surface area contributed by atoms with Crippen molar-refractivity contribution < 1.29 is 14.4 Å². The predicted molar refractivity (Wildman–Crippen MR) is 121 cm³/mol. The molecule has 0 spiro atoms. The Morgan fingerprint density at radius 1 is 1.10 bits per heavy atom. The SMILES string of the molecule is CC(C)NC(=O)c1cccc2c1CCCN2CC(=O)NC(=O)Nc1ccc(Br)cc1. The summed E-state index contributed by atoms with van der Waals surface area (Å²) in [5.74, 6) is -0.517. The molecule has 0 fully saturated rings. The number of nitrogens with zero attached hydrogens (tertiary/aromatic N) is 1. The van der Waals surface area contributed by atoms with Gasteiger partial charge >= 0.3 is 6.03 Å². The van der Waals surface area contributed by atoms with Crippen LogP contribution in [0.5, 0.6) is 0 Å². The molecular weight excluding hydrogens is 448 g/mol. The number of rotatable bonds is 5. The van der Waals surface area contributed by atoms with Crippen LogP contribution in [-0.4, -0.2) is 37.0 Å². The number of nitrogens with one attached hydrogen (secondary N) is 3. The van der Waals surface area contributed by atoms with Crippen LogP contribution in [0.25, 0.3) is 0 Å². The first-order chi connectivity index (χ1) is 14.3. The highest BCUT2D eigenvalue weighted by Gasteiger charge is 2.24. The van der Waals surface area contributed by atoms with Crippen LogP contribution < -0.4 is 20.9 Å². The first-order valence-corrected chi connectivity index (χ1v) is 10.7. The van der Waals surface area contributed by atoms with Crippen LogP contribution in [0.4, 0.5) is 16.2 Å². The number of amides is 4. The van der Waals surface area contributed by atoms with Gasteiger partial charge in [0.15, 0.2) is 0 Å². The molecule has 3 rings (SSSR count). The van der Waals surface area contributed by atoms with Crippen LogP contribution in [0.2, 0.25) is 0 Å². The minimum atomic E-state index is -0.579. The van der Waals surface area contributed by atoms with Crippen molar-refractivity contribution in [3.63, 3.8) is 0 Å². The number of hydrogen-bond acceptors (Lipinski definition) is 4. The first-order valence-electron chi connectivity index (χ1n) is 9.87. The normalized spacial score (nSPS) is 12.9. The second-order valence-corrected chi connectivity index (χ2v) is 8.38. The molecule has 158 valence electrons. The topological polar surface area (TPSA) is 90.5 Å². The molecular formula is C22H25BrN4O3. The van der Waals surface area contributed by atoms with E-state index in [4.69, 9.17) is 0 Å². The fourth-order valence-corrected chi connectivity index (χ4v) is 3.72. The van der Waals surface area contributed by atoms with Gasteiger partial charge in [-0.05, 0) is 68.7 Å². The lowest BCUT2D eigenvalue weighted by molar-refractivity contribution is -0.118. The molecule has 8 heteroatoms. The van der Waals surface area contributed by atoms with Gasteiger partial charge in [-0.15, -0.1) is 0 Å². The molecule has 7 nitrogen and oxygen atoms in total. The quantitative estimate of drug-likeness (QED) is 0.618. The van der Waals surface area contributed by atoms with E-state index in [1.165, 1.54) is 0 Å². The van der Waals surface area contributed by atoms with Gasteiger partial charge in [-0.3, -0.25) is 14.9 Å². The fourth-order valence-electron chi connectivity index (χ4n) is 3.45. The van der Waals surface area contributed by atoms with E-state index in [0.29, 0.717) is 17.8 Å². The average molecular weight is 473 g/mol. The number of carbonyl (C=O) groups is 3. The molecule has 0 saturated heterocycles. The minimum absolute atomic E-state index is 0.0377. The summed E-state index contributed by atoms with van der Waals surface area (Å²) in [5.41, 5.74) is 3.03. The second kappa shape index (κ2) is 9.75. The summed E-state index contributed by atoms with van der Waals surface area (Å²) in [6.07, 6.45) is 1.61. The third-order valence-electron chi connectivity index (χ3n) is 4.70. The number of urea groups is 1. The molecule has 1 aliphatic rings. The number of hydrogen-bond donors (Lipinski definition) is 3. The van der Waals surface area contributed by atoms with E-state index in [1.54, 1.807) is 24.3 Å². The zero-order valence-corrected chi connectivity index (χ0v) is 18.6. The molecule has 0 saturated carbocycles. The first kappa shape index (κ1) is 21.8. The zero-order chi connectivity index (χ0) is 21.7. The molecule has 0 unspecified atom stereocenters. The van der Waals surface area contributed by atoms with E-state index >= 15 is 0 Å². The van der Waals surface area contributed by atoms with E-state index in [2.05, 4.69) is 31.9 Å². The Hall–Kier alpha value is -2.87. The maximum absolute atomic E-state index is 12.5. The number of imide groups is 1. The van der Waals surface area contributed by atoms with Gasteiger partial charge in [0, 0.05) is 34.0 Å². The van der Waals surface area contributed by atoms with Gasteiger partial charge in [-0.2, -0.15) is 0 Å². The van der Waals surface area contributed by atoms with Crippen molar-refractivity contribution in [2.45, 2.75) is 32.7 Å². The van der Waals surface area contributed by atoms with Gasteiger partial charge in [0.05, 0.1) is 6.54 Å². The molecule has 2 aromatic carbocycles. The monoisotopic (exact) mass is 472 g/mol. The summed E-state index contributed by atoms with van der Waals surface area (Å²) < 4.78 is 0.898. The van der Waals surface area contributed by atoms with Gasteiger partial charge in [0.2, 0.25) is 5.91 Å². The largest absolute Gasteiger partial charge is 0.362 e. The zero-order valence-electron chi connectivity index (χ0n) is 17.0. The molecule has 3 N–H and O–H groups in total. The number of halogens is 1. The van der Waals surface area contributed by atoms with Crippen LogP contribution in [0, 0.1) is 0 Å². The highest BCUT2D eigenvalue weighted by Crippen LogP contribution is 2.29. The van der Waals surface area contributed by atoms with Crippen molar-refractivity contribution in [3.05, 3.63) is 58.1 Å². The molecule has 1 heterocycles. The van der Waals surface area contributed by atoms with E-state index in [-0.39, 0.29) is 18.5 Å². The highest BCUT2D eigenvalue weighted by atomic mass is 79.9. The molecule has 0 bridgehead atoms. The maximum atomic E-state index is 12.5. The summed E-state index contributed by atoms with van der Waals surface area (Å²) in [6.45, 7) is 4.56. The summed E-state index contributed by atoms with van der Waals surface area (Å²) >= 11 is 3.33. The van der Waals surface area contributed by atoms with Crippen LogP contribution in [0.1, 0.15) is 36.2 Å². The van der Waals surface area contributed by atoms with Gasteiger partial charge in [0.1, 0.15) is 0 Å². The molecule has 0 atom stereocenters. The van der Waals surface area contributed by atoms with E-state index in [9.17, 15) is 14.4 Å². The molecule has 1 aliphatic heterocycles. The minimum Gasteiger partial charge on any atom is -0.362 e. The summed E-state index contributed by atoms with van der Waals surface area (Å²) in [6, 6.07) is 12.1. The summed E-state index contributed by atoms with van der Waals surface area (Å²) in [5, 5.41) is 7.92. The van der Waals surface area contributed by atoms with Crippen LogP contribution >= 0.6 is 15.9 Å². The standard InChI is InChI=1S/C22H25BrN4O3/c1-14(2)24-21(29)18-5-3-7-19-17(18)6-4-12-27(19)13-20(28)26-22(30)25-16-10-8-15(23)9-11-16/h3,5,7-11,14H,4,6,12-13H2,1-2H3,(H,24,29)(H2,25,26,28,30). The van der Waals surface area contributed by atoms with E-state index in [0.717, 1.165) is 28.6 Å². The Bertz CT molecular complexity index is 944. The third kappa shape index (κ3) is 5.60. The summed E-state index contributed by atoms with van der Waals surface area (Å²) in [4.78, 5) is 39.0. The number of anilines is 2. The van der Waals surface area contributed by atoms with Crippen molar-refractivity contribution in [2.24, 2.45) is 0 Å². The molecule has 0 aliphatic carbocycles. The lowest BCUT2D eigenvalue weighted by atomic mass is 9.95. The number of carbonyl (C=O) groups excluding carboxylic acids is 3. The number of benzene rings is 2. The smallest absolute Gasteiger partial charge is 0.325 e. The molecule has 0 aromatic heterocycles. The van der Waals surface area contributed by atoms with Gasteiger partial charge in [0.25, 0.3) is 5.91 Å². The molecule has 4 amide bonds. The van der Waals surface area contributed by atoms with Crippen molar-refractivity contribution in [2.75, 3.05) is 23.3 Å². The second-order valence-electron chi connectivity index (χ2n) is 7.47. The average Bonchev–Trinajstić information content (AvgIpc) is 2.69. The van der Waals surface area contributed by atoms with Crippen molar-refractivity contribution >= 4 is 45.2 Å². The number of fused-ring (bicyclic) bond motifs is 1. The van der Waals surface area contributed by atoms with Gasteiger partial charge < -0.3 is 15.5 Å². The lowest BCUT2D eigenvalue weighted by Gasteiger charge is -2.31. The summed E-state index contributed by atoms with van der Waals surface area (Å²) in [7, 11) is 0. The fraction of sp³-hybridized carbons (Fsp3) is 0.318. The third-order valence-corrected chi connectivity index (χ3v) is 5.23. The Balaban J connectivity index is 1.65. The van der Waals surface area contributed by atoms with Crippen molar-refractivity contribution in [1.29, 1.82) is 0 Å². The van der Waals surface area contributed by atoms with Crippen LogP contribution in [0.15, 0.2) is 46.9 Å². The Kier molecular flexibility index (Phi) is 7.10. The lowest BCUT2D eigenvalue weighted by Crippen LogP contribution is -2.43. The van der Waals surface area contributed by atoms with Crippen LogP contribution in [-0.2, 0) is 11.2 Å². The predicted octanol–water partition coefficient (Wildman–Crippen LogP) is 3.69. The maximum Gasteiger partial charge on any atom is 0.325 e. The molecule has 0 radical (unpaired) electrons. The van der Waals surface area contributed by atoms with Crippen LogP contribution in [0.3, 0.4) is 0 Å². The van der Waals surface area contributed by atoms with Gasteiger partial charge in [-0.1, -0.05) is 22.0 Å². The Morgan fingerprint density at radius 3 is 2.53 bits per heavy atom.